The number of pyridine rings is 1. The van der Waals surface area contributed by atoms with Gasteiger partial charge in [-0.3, -0.25) is 9.89 Å². The summed E-state index contributed by atoms with van der Waals surface area (Å²) in [5.41, 5.74) is 2.16. The Morgan fingerprint density at radius 3 is 2.76 bits per heavy atom. The molecule has 0 atom stereocenters. The zero-order chi connectivity index (χ0) is 17.7. The Hall–Kier alpha value is -2.22. The smallest absolute Gasteiger partial charge is 0.273 e. The summed E-state index contributed by atoms with van der Waals surface area (Å²) in [7, 11) is 0. The van der Waals surface area contributed by atoms with Gasteiger partial charge in [-0.05, 0) is 24.4 Å². The van der Waals surface area contributed by atoms with E-state index in [1.807, 2.05) is 24.4 Å². The third-order valence-electron chi connectivity index (χ3n) is 3.73. The lowest BCUT2D eigenvalue weighted by Gasteiger charge is -2.05. The average molecular weight is 395 g/mol. The number of rotatable bonds is 2. The molecular weight excluding hydrogens is 386 g/mol. The van der Waals surface area contributed by atoms with Crippen LogP contribution in [0.4, 0.5) is 4.39 Å². The van der Waals surface area contributed by atoms with E-state index < -0.39 is 5.82 Å². The van der Waals surface area contributed by atoms with Crippen LogP contribution in [0.15, 0.2) is 34.4 Å². The van der Waals surface area contributed by atoms with Crippen molar-refractivity contribution in [2.75, 3.05) is 0 Å². The fourth-order valence-electron chi connectivity index (χ4n) is 2.63. The molecule has 0 unspecified atom stereocenters. The molecule has 0 radical (unpaired) electrons. The molecule has 1 N–H and O–H groups in total. The molecule has 4 heterocycles. The third-order valence-corrected chi connectivity index (χ3v) is 5.17. The van der Waals surface area contributed by atoms with Crippen molar-refractivity contribution in [1.82, 2.24) is 19.6 Å². The van der Waals surface area contributed by atoms with Gasteiger partial charge in [0, 0.05) is 22.2 Å². The van der Waals surface area contributed by atoms with Gasteiger partial charge in [-0.2, -0.15) is 0 Å². The summed E-state index contributed by atoms with van der Waals surface area (Å²) >= 11 is 13.2. The maximum absolute atomic E-state index is 13.8. The summed E-state index contributed by atoms with van der Waals surface area (Å²) in [6.07, 6.45) is 0. The Kier molecular flexibility index (Phi) is 3.87. The Bertz CT molecular complexity index is 1170. The number of fused-ring (bicyclic) bond motifs is 1. The predicted molar refractivity (Wildman–Crippen MR) is 97.1 cm³/mol. The molecular formula is C16H9Cl2FN4OS. The fourth-order valence-corrected chi connectivity index (χ4v) is 3.87. The van der Waals surface area contributed by atoms with E-state index in [1.54, 1.807) is 0 Å². The van der Waals surface area contributed by atoms with Gasteiger partial charge in [0.2, 0.25) is 0 Å². The molecule has 25 heavy (non-hydrogen) atoms. The third kappa shape index (κ3) is 2.64. The van der Waals surface area contributed by atoms with E-state index in [0.717, 1.165) is 22.2 Å². The first-order chi connectivity index (χ1) is 12.0. The van der Waals surface area contributed by atoms with Crippen LogP contribution in [-0.2, 0) is 0 Å². The van der Waals surface area contributed by atoms with E-state index in [9.17, 15) is 9.18 Å². The topological polar surface area (TPSA) is 63.0 Å². The van der Waals surface area contributed by atoms with E-state index in [1.165, 1.54) is 21.9 Å². The first kappa shape index (κ1) is 16.3. The molecule has 0 amide bonds. The molecule has 0 spiro atoms. The Labute approximate surface area is 154 Å². The molecule has 0 aliphatic carbocycles. The van der Waals surface area contributed by atoms with Crippen LogP contribution < -0.4 is 5.56 Å². The van der Waals surface area contributed by atoms with Gasteiger partial charge >= 0.3 is 0 Å². The van der Waals surface area contributed by atoms with Crippen molar-refractivity contribution in [2.45, 2.75) is 6.92 Å². The summed E-state index contributed by atoms with van der Waals surface area (Å²) in [5, 5.41) is 4.59. The average Bonchev–Trinajstić information content (AvgIpc) is 3.18. The summed E-state index contributed by atoms with van der Waals surface area (Å²) in [5.74, 6) is -0.730. The molecule has 0 fully saturated rings. The minimum atomic E-state index is -0.730. The number of hydrogen-bond donors (Lipinski definition) is 1. The maximum atomic E-state index is 13.8. The highest BCUT2D eigenvalue weighted by atomic mass is 35.5. The van der Waals surface area contributed by atoms with Crippen molar-refractivity contribution in [3.05, 3.63) is 61.8 Å². The van der Waals surface area contributed by atoms with Gasteiger partial charge in [0.05, 0.1) is 11.3 Å². The van der Waals surface area contributed by atoms with Gasteiger partial charge in [0.25, 0.3) is 5.56 Å². The van der Waals surface area contributed by atoms with Gasteiger partial charge in [-0.15, -0.1) is 11.3 Å². The molecule has 0 saturated heterocycles. The van der Waals surface area contributed by atoms with E-state index in [0.29, 0.717) is 5.65 Å². The molecule has 4 rings (SSSR count). The molecule has 0 saturated carbocycles. The number of H-pyrrole nitrogens is 1. The quantitative estimate of drug-likeness (QED) is 0.506. The SMILES string of the molecule is Cc1[nH]n2c(=O)cc(-c3cc(F)c(Cl)nc3Cl)nc2c1-c1cccs1. The molecule has 5 nitrogen and oxygen atoms in total. The highest BCUT2D eigenvalue weighted by Crippen LogP contribution is 2.32. The fraction of sp³-hybridized carbons (Fsp3) is 0.0625. The highest BCUT2D eigenvalue weighted by molar-refractivity contribution is 7.13. The molecule has 0 aliphatic rings. The zero-order valence-corrected chi connectivity index (χ0v) is 15.0. The summed E-state index contributed by atoms with van der Waals surface area (Å²) in [6.45, 7) is 1.86. The molecule has 4 aromatic heterocycles. The van der Waals surface area contributed by atoms with E-state index >= 15 is 0 Å². The molecule has 0 aromatic carbocycles. The summed E-state index contributed by atoms with van der Waals surface area (Å²) in [4.78, 5) is 21.7. The minimum Gasteiger partial charge on any atom is -0.293 e. The van der Waals surface area contributed by atoms with Crippen molar-refractivity contribution < 1.29 is 4.39 Å². The second-order valence-corrected chi connectivity index (χ2v) is 6.99. The van der Waals surface area contributed by atoms with Crippen LogP contribution in [0.2, 0.25) is 10.3 Å². The Morgan fingerprint density at radius 2 is 2.04 bits per heavy atom. The van der Waals surface area contributed by atoms with Crippen molar-refractivity contribution in [3.63, 3.8) is 0 Å². The number of nitrogens with one attached hydrogen (secondary N) is 1. The summed E-state index contributed by atoms with van der Waals surface area (Å²) < 4.78 is 15.1. The molecule has 126 valence electrons. The summed E-state index contributed by atoms with van der Waals surface area (Å²) in [6, 6.07) is 6.26. The monoisotopic (exact) mass is 394 g/mol. The molecule has 0 aliphatic heterocycles. The minimum absolute atomic E-state index is 0.0208. The van der Waals surface area contributed by atoms with Crippen LogP contribution in [-0.4, -0.2) is 19.6 Å². The van der Waals surface area contributed by atoms with E-state index in [-0.39, 0.29) is 27.1 Å². The number of aryl methyl sites for hydroxylation is 1. The lowest BCUT2D eigenvalue weighted by atomic mass is 10.2. The Morgan fingerprint density at radius 1 is 1.24 bits per heavy atom. The van der Waals surface area contributed by atoms with Crippen LogP contribution in [0.3, 0.4) is 0 Å². The van der Waals surface area contributed by atoms with Gasteiger partial charge < -0.3 is 0 Å². The molecule has 4 aromatic rings. The van der Waals surface area contributed by atoms with E-state index in [2.05, 4.69) is 15.1 Å². The van der Waals surface area contributed by atoms with Crippen molar-refractivity contribution in [3.8, 4) is 21.7 Å². The lowest BCUT2D eigenvalue weighted by Crippen LogP contribution is -2.14. The van der Waals surface area contributed by atoms with E-state index in [4.69, 9.17) is 23.2 Å². The number of aromatic amines is 1. The van der Waals surface area contributed by atoms with Crippen molar-refractivity contribution in [2.24, 2.45) is 0 Å². The van der Waals surface area contributed by atoms with Gasteiger partial charge in [-0.25, -0.2) is 18.9 Å². The largest absolute Gasteiger partial charge is 0.293 e. The number of aromatic nitrogens is 4. The second-order valence-electron chi connectivity index (χ2n) is 5.33. The van der Waals surface area contributed by atoms with Crippen LogP contribution in [0.5, 0.6) is 0 Å². The number of thiophene rings is 1. The zero-order valence-electron chi connectivity index (χ0n) is 12.7. The van der Waals surface area contributed by atoms with Crippen molar-refractivity contribution >= 4 is 40.2 Å². The second kappa shape index (κ2) is 5.94. The van der Waals surface area contributed by atoms with Gasteiger partial charge in [0.1, 0.15) is 5.15 Å². The van der Waals surface area contributed by atoms with Crippen molar-refractivity contribution in [1.29, 1.82) is 0 Å². The predicted octanol–water partition coefficient (Wildman–Crippen LogP) is 4.57. The number of hydrogen-bond acceptors (Lipinski definition) is 4. The first-order valence-corrected chi connectivity index (χ1v) is 8.77. The number of nitrogens with zero attached hydrogens (tertiary/aromatic N) is 3. The maximum Gasteiger partial charge on any atom is 0.273 e. The Balaban J connectivity index is 2.04. The first-order valence-electron chi connectivity index (χ1n) is 7.14. The normalized spacial score (nSPS) is 11.4. The standard InChI is InChI=1S/C16H9Cl2FN4OS/c1-7-13(11-3-2-4-25-11)16-20-10(6-12(24)23(16)22-7)8-5-9(19)15(18)21-14(8)17/h2-6,22H,1H3. The number of halogens is 3. The van der Waals surface area contributed by atoms with Crippen LogP contribution in [0.1, 0.15) is 5.69 Å². The van der Waals surface area contributed by atoms with Crippen LogP contribution in [0.25, 0.3) is 27.3 Å². The van der Waals surface area contributed by atoms with Gasteiger partial charge in [0.15, 0.2) is 16.6 Å². The van der Waals surface area contributed by atoms with Crippen LogP contribution >= 0.6 is 34.5 Å². The van der Waals surface area contributed by atoms with Crippen LogP contribution in [0, 0.1) is 12.7 Å². The highest BCUT2D eigenvalue weighted by Gasteiger charge is 2.18. The lowest BCUT2D eigenvalue weighted by molar-refractivity contribution is 0.622. The van der Waals surface area contributed by atoms with Gasteiger partial charge in [-0.1, -0.05) is 29.3 Å². The molecule has 9 heteroatoms. The molecule has 0 bridgehead atoms.